The highest BCUT2D eigenvalue weighted by molar-refractivity contribution is 5.93. The van der Waals surface area contributed by atoms with E-state index in [1.54, 1.807) is 6.07 Å². The number of benzene rings is 2. The van der Waals surface area contributed by atoms with Crippen molar-refractivity contribution in [1.29, 1.82) is 0 Å². The van der Waals surface area contributed by atoms with Crippen molar-refractivity contribution in [3.8, 4) is 11.5 Å². The molecule has 0 atom stereocenters. The zero-order valence-corrected chi connectivity index (χ0v) is 10.6. The lowest BCUT2D eigenvalue weighted by molar-refractivity contribution is 0.0698. The summed E-state index contributed by atoms with van der Waals surface area (Å²) >= 11 is 0. The molecule has 0 fully saturated rings. The molecule has 0 saturated heterocycles. The van der Waals surface area contributed by atoms with Gasteiger partial charge in [-0.2, -0.15) is 0 Å². The number of aromatic carboxylic acids is 1. The van der Waals surface area contributed by atoms with E-state index in [-0.39, 0.29) is 11.3 Å². The monoisotopic (exact) mass is 257 g/mol. The van der Waals surface area contributed by atoms with Gasteiger partial charge < -0.3 is 15.6 Å². The molecule has 0 heterocycles. The number of hydrogen-bond donors (Lipinski definition) is 2. The summed E-state index contributed by atoms with van der Waals surface area (Å²) in [6.45, 7) is 2.08. The van der Waals surface area contributed by atoms with Crippen molar-refractivity contribution in [2.75, 3.05) is 5.73 Å². The number of carbonyl (C=O) groups is 1. The first-order chi connectivity index (χ1) is 9.10. The lowest BCUT2D eigenvalue weighted by Crippen LogP contribution is -2.02. The molecule has 0 bridgehead atoms. The molecule has 98 valence electrons. The average molecular weight is 257 g/mol. The van der Waals surface area contributed by atoms with Gasteiger partial charge in [-0.25, -0.2) is 4.79 Å². The SMILES string of the molecule is CCc1ccc(Oc2ccc(C(=O)O)c(N)c2)cc1. The van der Waals surface area contributed by atoms with Gasteiger partial charge in [-0.15, -0.1) is 0 Å². The van der Waals surface area contributed by atoms with Crippen LogP contribution in [0.15, 0.2) is 42.5 Å². The minimum Gasteiger partial charge on any atom is -0.478 e. The van der Waals surface area contributed by atoms with Gasteiger partial charge in [0.25, 0.3) is 0 Å². The Balaban J connectivity index is 2.18. The van der Waals surface area contributed by atoms with Gasteiger partial charge in [0.05, 0.1) is 5.56 Å². The van der Waals surface area contributed by atoms with E-state index in [2.05, 4.69) is 6.92 Å². The first-order valence-electron chi connectivity index (χ1n) is 5.99. The van der Waals surface area contributed by atoms with Crippen LogP contribution in [-0.4, -0.2) is 11.1 Å². The summed E-state index contributed by atoms with van der Waals surface area (Å²) in [4.78, 5) is 10.8. The second-order valence-corrected chi connectivity index (χ2v) is 4.15. The normalized spacial score (nSPS) is 10.2. The Bertz CT molecular complexity index is 591. The molecule has 0 aromatic heterocycles. The van der Waals surface area contributed by atoms with Crippen molar-refractivity contribution in [2.45, 2.75) is 13.3 Å². The van der Waals surface area contributed by atoms with Gasteiger partial charge in [0.15, 0.2) is 0 Å². The van der Waals surface area contributed by atoms with E-state index in [0.29, 0.717) is 11.5 Å². The Kier molecular flexibility index (Phi) is 3.71. The summed E-state index contributed by atoms with van der Waals surface area (Å²) in [6, 6.07) is 12.3. The summed E-state index contributed by atoms with van der Waals surface area (Å²) in [7, 11) is 0. The Morgan fingerprint density at radius 2 is 1.79 bits per heavy atom. The third-order valence-corrected chi connectivity index (χ3v) is 2.82. The van der Waals surface area contributed by atoms with Gasteiger partial charge in [-0.3, -0.25) is 0 Å². The van der Waals surface area contributed by atoms with Gasteiger partial charge in [-0.05, 0) is 36.2 Å². The van der Waals surface area contributed by atoms with Crippen LogP contribution in [0.25, 0.3) is 0 Å². The van der Waals surface area contributed by atoms with Gasteiger partial charge in [0, 0.05) is 11.8 Å². The molecule has 0 amide bonds. The van der Waals surface area contributed by atoms with Crippen molar-refractivity contribution < 1.29 is 14.6 Å². The Hall–Kier alpha value is -2.49. The minimum absolute atomic E-state index is 0.0775. The number of aryl methyl sites for hydroxylation is 1. The highest BCUT2D eigenvalue weighted by atomic mass is 16.5. The molecule has 0 spiro atoms. The maximum atomic E-state index is 10.8. The first kappa shape index (κ1) is 13.0. The molecule has 0 aliphatic rings. The number of anilines is 1. The van der Waals surface area contributed by atoms with Crippen molar-refractivity contribution >= 4 is 11.7 Å². The van der Waals surface area contributed by atoms with Gasteiger partial charge >= 0.3 is 5.97 Å². The van der Waals surface area contributed by atoms with Crippen molar-refractivity contribution in [3.63, 3.8) is 0 Å². The highest BCUT2D eigenvalue weighted by Gasteiger charge is 2.08. The van der Waals surface area contributed by atoms with Crippen LogP contribution in [0.4, 0.5) is 5.69 Å². The molecule has 4 nitrogen and oxygen atoms in total. The fraction of sp³-hybridized carbons (Fsp3) is 0.133. The number of hydrogen-bond acceptors (Lipinski definition) is 3. The summed E-state index contributed by atoms with van der Waals surface area (Å²) in [5.74, 6) is 0.169. The second kappa shape index (κ2) is 5.44. The Morgan fingerprint density at radius 3 is 2.32 bits per heavy atom. The van der Waals surface area contributed by atoms with E-state index in [4.69, 9.17) is 15.6 Å². The molecule has 3 N–H and O–H groups in total. The number of carboxylic acids is 1. The molecule has 4 heteroatoms. The predicted molar refractivity (Wildman–Crippen MR) is 73.7 cm³/mol. The minimum atomic E-state index is -1.05. The Morgan fingerprint density at radius 1 is 1.16 bits per heavy atom. The summed E-state index contributed by atoms with van der Waals surface area (Å²) in [5.41, 5.74) is 7.16. The molecule has 2 aromatic rings. The molecule has 0 unspecified atom stereocenters. The lowest BCUT2D eigenvalue weighted by atomic mass is 10.1. The fourth-order valence-corrected chi connectivity index (χ4v) is 1.73. The van der Waals surface area contributed by atoms with Crippen LogP contribution in [0.3, 0.4) is 0 Å². The number of rotatable bonds is 4. The number of ether oxygens (including phenoxy) is 1. The van der Waals surface area contributed by atoms with E-state index in [1.807, 2.05) is 24.3 Å². The predicted octanol–water partition coefficient (Wildman–Crippen LogP) is 3.32. The number of nitrogens with two attached hydrogens (primary N) is 1. The molecule has 0 aliphatic heterocycles. The van der Waals surface area contributed by atoms with E-state index in [9.17, 15) is 4.79 Å². The first-order valence-corrected chi connectivity index (χ1v) is 5.99. The molecule has 19 heavy (non-hydrogen) atoms. The number of carboxylic acid groups (broad SMARTS) is 1. The van der Waals surface area contributed by atoms with Crippen LogP contribution in [0, 0.1) is 0 Å². The molecular formula is C15H15NO3. The van der Waals surface area contributed by atoms with Crippen molar-refractivity contribution in [3.05, 3.63) is 53.6 Å². The maximum Gasteiger partial charge on any atom is 0.337 e. The van der Waals surface area contributed by atoms with Crippen LogP contribution < -0.4 is 10.5 Å². The molecule has 0 aliphatic carbocycles. The van der Waals surface area contributed by atoms with E-state index in [0.717, 1.165) is 6.42 Å². The zero-order valence-electron chi connectivity index (χ0n) is 10.6. The lowest BCUT2D eigenvalue weighted by Gasteiger charge is -2.08. The highest BCUT2D eigenvalue weighted by Crippen LogP contribution is 2.25. The van der Waals surface area contributed by atoms with E-state index >= 15 is 0 Å². The van der Waals surface area contributed by atoms with Gasteiger partial charge in [-0.1, -0.05) is 19.1 Å². The second-order valence-electron chi connectivity index (χ2n) is 4.15. The Labute approximate surface area is 111 Å². The smallest absolute Gasteiger partial charge is 0.337 e. The van der Waals surface area contributed by atoms with E-state index < -0.39 is 5.97 Å². The number of nitrogen functional groups attached to an aromatic ring is 1. The molecule has 2 rings (SSSR count). The van der Waals surface area contributed by atoms with Gasteiger partial charge in [0.1, 0.15) is 11.5 Å². The van der Waals surface area contributed by atoms with Crippen LogP contribution in [-0.2, 0) is 6.42 Å². The third-order valence-electron chi connectivity index (χ3n) is 2.82. The molecule has 2 aromatic carbocycles. The quantitative estimate of drug-likeness (QED) is 0.824. The van der Waals surface area contributed by atoms with Crippen molar-refractivity contribution in [2.24, 2.45) is 0 Å². The molecule has 0 radical (unpaired) electrons. The van der Waals surface area contributed by atoms with Gasteiger partial charge in [0.2, 0.25) is 0 Å². The summed E-state index contributed by atoms with van der Waals surface area (Å²) < 4.78 is 5.62. The average Bonchev–Trinajstić information content (AvgIpc) is 2.39. The zero-order chi connectivity index (χ0) is 13.8. The maximum absolute atomic E-state index is 10.8. The summed E-state index contributed by atoms with van der Waals surface area (Å²) in [6.07, 6.45) is 0.973. The van der Waals surface area contributed by atoms with Crippen LogP contribution in [0.5, 0.6) is 11.5 Å². The van der Waals surface area contributed by atoms with E-state index in [1.165, 1.54) is 17.7 Å². The largest absolute Gasteiger partial charge is 0.478 e. The van der Waals surface area contributed by atoms with Crippen LogP contribution in [0.2, 0.25) is 0 Å². The standard InChI is InChI=1S/C15H15NO3/c1-2-10-3-5-11(6-4-10)19-12-7-8-13(15(17)18)14(16)9-12/h3-9H,2,16H2,1H3,(H,17,18). The topological polar surface area (TPSA) is 72.5 Å². The van der Waals surface area contributed by atoms with Crippen LogP contribution in [0.1, 0.15) is 22.8 Å². The van der Waals surface area contributed by atoms with Crippen molar-refractivity contribution in [1.82, 2.24) is 0 Å². The fourth-order valence-electron chi connectivity index (χ4n) is 1.73. The summed E-state index contributed by atoms with van der Waals surface area (Å²) in [5, 5.41) is 8.88. The molecule has 0 saturated carbocycles. The van der Waals surface area contributed by atoms with Crippen LogP contribution >= 0.6 is 0 Å². The molecular weight excluding hydrogens is 242 g/mol. The third kappa shape index (κ3) is 3.04.